The molecular formula is C14H13BrFN3O. The largest absolute Gasteiger partial charge is 0.373 e. The fraction of sp³-hybridized carbons (Fsp3) is 0.143. The van der Waals surface area contributed by atoms with Gasteiger partial charge in [-0.1, -0.05) is 0 Å². The van der Waals surface area contributed by atoms with Crippen molar-refractivity contribution in [1.29, 1.82) is 0 Å². The summed E-state index contributed by atoms with van der Waals surface area (Å²) in [5.74, 6) is -0.0267. The van der Waals surface area contributed by atoms with Crippen LogP contribution in [0.4, 0.5) is 15.9 Å². The quantitative estimate of drug-likeness (QED) is 0.899. The van der Waals surface area contributed by atoms with Gasteiger partial charge in [0.1, 0.15) is 11.6 Å². The first kappa shape index (κ1) is 14.5. The topological polar surface area (TPSA) is 54.0 Å². The standard InChI is InChI=1S/C14H13BrFN3O/c1-8-5-9(6-13(17-2)18-8)14(20)19-10-3-4-12(16)11(15)7-10/h3-7H,1-2H3,(H,17,18)(H,19,20). The Labute approximate surface area is 124 Å². The maximum absolute atomic E-state index is 13.1. The first-order valence-corrected chi connectivity index (χ1v) is 6.72. The number of pyridine rings is 1. The van der Waals surface area contributed by atoms with Crippen molar-refractivity contribution in [2.24, 2.45) is 0 Å². The molecule has 0 atom stereocenters. The van der Waals surface area contributed by atoms with E-state index in [-0.39, 0.29) is 11.7 Å². The third-order valence-corrected chi connectivity index (χ3v) is 3.26. The number of hydrogen-bond donors (Lipinski definition) is 2. The molecule has 0 bridgehead atoms. The van der Waals surface area contributed by atoms with Gasteiger partial charge in [-0.3, -0.25) is 4.79 Å². The molecule has 6 heteroatoms. The minimum absolute atomic E-state index is 0.273. The molecule has 0 spiro atoms. The van der Waals surface area contributed by atoms with Crippen molar-refractivity contribution in [3.05, 3.63) is 51.9 Å². The molecule has 1 aromatic carbocycles. The van der Waals surface area contributed by atoms with E-state index in [1.165, 1.54) is 18.2 Å². The summed E-state index contributed by atoms with van der Waals surface area (Å²) in [6.07, 6.45) is 0. The summed E-state index contributed by atoms with van der Waals surface area (Å²) in [5.41, 5.74) is 1.74. The zero-order chi connectivity index (χ0) is 14.7. The van der Waals surface area contributed by atoms with E-state index in [1.54, 1.807) is 19.2 Å². The number of amides is 1. The molecule has 2 aromatic rings. The van der Waals surface area contributed by atoms with E-state index in [1.807, 2.05) is 6.92 Å². The van der Waals surface area contributed by atoms with E-state index in [9.17, 15) is 9.18 Å². The third-order valence-electron chi connectivity index (χ3n) is 2.65. The van der Waals surface area contributed by atoms with Crippen LogP contribution >= 0.6 is 15.9 Å². The predicted molar refractivity (Wildman–Crippen MR) is 80.6 cm³/mol. The molecule has 2 N–H and O–H groups in total. The molecule has 20 heavy (non-hydrogen) atoms. The van der Waals surface area contributed by atoms with Gasteiger partial charge in [0, 0.05) is 24.0 Å². The van der Waals surface area contributed by atoms with Gasteiger partial charge in [-0.05, 0) is 53.2 Å². The number of carbonyl (C=O) groups excluding carboxylic acids is 1. The first-order valence-electron chi connectivity index (χ1n) is 5.92. The van der Waals surface area contributed by atoms with Crippen LogP contribution in [0.5, 0.6) is 0 Å². The van der Waals surface area contributed by atoms with E-state index in [4.69, 9.17) is 0 Å². The summed E-state index contributed by atoms with van der Waals surface area (Å²) in [6, 6.07) is 7.65. The van der Waals surface area contributed by atoms with Crippen LogP contribution in [-0.4, -0.2) is 17.9 Å². The van der Waals surface area contributed by atoms with Crippen molar-refractivity contribution in [2.45, 2.75) is 6.92 Å². The molecule has 0 saturated heterocycles. The van der Waals surface area contributed by atoms with Gasteiger partial charge < -0.3 is 10.6 Å². The summed E-state index contributed by atoms with van der Waals surface area (Å²) >= 11 is 3.08. The van der Waals surface area contributed by atoms with Crippen molar-refractivity contribution in [2.75, 3.05) is 17.7 Å². The fourth-order valence-electron chi connectivity index (χ4n) is 1.70. The van der Waals surface area contributed by atoms with Gasteiger partial charge >= 0.3 is 0 Å². The van der Waals surface area contributed by atoms with Crippen LogP contribution in [0.1, 0.15) is 16.1 Å². The molecule has 104 valence electrons. The lowest BCUT2D eigenvalue weighted by molar-refractivity contribution is 0.102. The maximum atomic E-state index is 13.1. The van der Waals surface area contributed by atoms with Gasteiger partial charge in [0.25, 0.3) is 5.91 Å². The minimum Gasteiger partial charge on any atom is -0.373 e. The second-order valence-electron chi connectivity index (χ2n) is 4.22. The van der Waals surface area contributed by atoms with Crippen LogP contribution in [0.25, 0.3) is 0 Å². The van der Waals surface area contributed by atoms with Crippen LogP contribution in [-0.2, 0) is 0 Å². The second-order valence-corrected chi connectivity index (χ2v) is 5.07. The molecule has 0 aliphatic carbocycles. The molecule has 1 aromatic heterocycles. The molecule has 1 amide bonds. The Hall–Kier alpha value is -1.95. The predicted octanol–water partition coefficient (Wildman–Crippen LogP) is 3.59. The van der Waals surface area contributed by atoms with Gasteiger partial charge in [0.15, 0.2) is 0 Å². The number of nitrogens with one attached hydrogen (secondary N) is 2. The number of carbonyl (C=O) groups is 1. The van der Waals surface area contributed by atoms with Crippen LogP contribution in [0.3, 0.4) is 0 Å². The minimum atomic E-state index is -0.375. The lowest BCUT2D eigenvalue weighted by atomic mass is 10.2. The number of benzene rings is 1. The molecule has 2 rings (SSSR count). The Kier molecular flexibility index (Phi) is 4.34. The molecular weight excluding hydrogens is 325 g/mol. The number of nitrogens with zero attached hydrogens (tertiary/aromatic N) is 1. The highest BCUT2D eigenvalue weighted by Crippen LogP contribution is 2.21. The van der Waals surface area contributed by atoms with Crippen molar-refractivity contribution >= 4 is 33.3 Å². The molecule has 1 heterocycles. The molecule has 0 saturated carbocycles. The Bertz CT molecular complexity index is 661. The monoisotopic (exact) mass is 337 g/mol. The average molecular weight is 338 g/mol. The fourth-order valence-corrected chi connectivity index (χ4v) is 2.08. The van der Waals surface area contributed by atoms with Crippen LogP contribution in [0.2, 0.25) is 0 Å². The van der Waals surface area contributed by atoms with Crippen LogP contribution < -0.4 is 10.6 Å². The van der Waals surface area contributed by atoms with E-state index in [0.717, 1.165) is 5.69 Å². The average Bonchev–Trinajstić information content (AvgIpc) is 2.42. The molecule has 4 nitrogen and oxygen atoms in total. The Morgan fingerprint density at radius 2 is 2.05 bits per heavy atom. The number of aromatic nitrogens is 1. The highest BCUT2D eigenvalue weighted by Gasteiger charge is 2.09. The lowest BCUT2D eigenvalue weighted by Crippen LogP contribution is -2.13. The SMILES string of the molecule is CNc1cc(C(=O)Nc2ccc(F)c(Br)c2)cc(C)n1. The van der Waals surface area contributed by atoms with E-state index < -0.39 is 0 Å². The highest BCUT2D eigenvalue weighted by molar-refractivity contribution is 9.10. The van der Waals surface area contributed by atoms with Gasteiger partial charge in [-0.25, -0.2) is 9.37 Å². The lowest BCUT2D eigenvalue weighted by Gasteiger charge is -2.08. The maximum Gasteiger partial charge on any atom is 0.255 e. The Balaban J connectivity index is 2.23. The van der Waals surface area contributed by atoms with Gasteiger partial charge in [0.05, 0.1) is 4.47 Å². The number of rotatable bonds is 3. The number of hydrogen-bond acceptors (Lipinski definition) is 3. The van der Waals surface area contributed by atoms with Crippen LogP contribution in [0.15, 0.2) is 34.8 Å². The smallest absolute Gasteiger partial charge is 0.255 e. The normalized spacial score (nSPS) is 10.2. The van der Waals surface area contributed by atoms with Crippen molar-refractivity contribution in [3.63, 3.8) is 0 Å². The molecule has 0 fully saturated rings. The van der Waals surface area contributed by atoms with Crippen molar-refractivity contribution in [3.8, 4) is 0 Å². The van der Waals surface area contributed by atoms with E-state index >= 15 is 0 Å². The highest BCUT2D eigenvalue weighted by atomic mass is 79.9. The number of anilines is 2. The summed E-state index contributed by atoms with van der Waals surface area (Å²) in [6.45, 7) is 1.81. The van der Waals surface area contributed by atoms with Gasteiger partial charge in [-0.2, -0.15) is 0 Å². The summed E-state index contributed by atoms with van der Waals surface area (Å²) in [4.78, 5) is 16.4. The molecule has 0 unspecified atom stereocenters. The zero-order valence-corrected chi connectivity index (χ0v) is 12.6. The number of halogens is 2. The van der Waals surface area contributed by atoms with E-state index in [0.29, 0.717) is 21.5 Å². The summed E-state index contributed by atoms with van der Waals surface area (Å²) in [7, 11) is 1.74. The van der Waals surface area contributed by atoms with Crippen LogP contribution in [0, 0.1) is 12.7 Å². The second kappa shape index (κ2) is 6.00. The molecule has 0 aliphatic heterocycles. The van der Waals surface area contributed by atoms with Gasteiger partial charge in [-0.15, -0.1) is 0 Å². The number of aryl methyl sites for hydroxylation is 1. The molecule has 0 aliphatic rings. The van der Waals surface area contributed by atoms with E-state index in [2.05, 4.69) is 31.5 Å². The Morgan fingerprint density at radius 3 is 2.70 bits per heavy atom. The third kappa shape index (κ3) is 3.33. The van der Waals surface area contributed by atoms with Crippen molar-refractivity contribution < 1.29 is 9.18 Å². The summed E-state index contributed by atoms with van der Waals surface area (Å²) < 4.78 is 13.4. The zero-order valence-electron chi connectivity index (χ0n) is 11.0. The first-order chi connectivity index (χ1) is 9.49. The van der Waals surface area contributed by atoms with Crippen molar-refractivity contribution in [1.82, 2.24) is 4.98 Å². The Morgan fingerprint density at radius 1 is 1.30 bits per heavy atom. The molecule has 0 radical (unpaired) electrons. The van der Waals surface area contributed by atoms with Gasteiger partial charge in [0.2, 0.25) is 0 Å². The summed E-state index contributed by atoms with van der Waals surface area (Å²) in [5, 5.41) is 5.61.